The molecule has 1 N–H and O–H groups in total. The maximum Gasteiger partial charge on any atom is 1.00 e. The Hall–Kier alpha value is 0.546. The molecule has 48 valence electrons. The van der Waals surface area contributed by atoms with Crippen molar-refractivity contribution in [2.75, 3.05) is 5.48 Å². The molecule has 2 nitrogen and oxygen atoms in total. The average molecular weight is 165 g/mol. The van der Waals surface area contributed by atoms with Gasteiger partial charge in [-0.2, -0.15) is 0 Å². The Morgan fingerprint density at radius 3 is 2.10 bits per heavy atom. The number of hydrogen-bond acceptors (Lipinski definition) is 2. The fourth-order valence-corrected chi connectivity index (χ4v) is 0.518. The Kier molecular flexibility index (Phi) is 5.52. The average Bonchev–Trinajstić information content (AvgIpc) is 1.90. The molecule has 1 rings (SSSR count). The van der Waals surface area contributed by atoms with E-state index in [4.69, 9.17) is 0 Å². The van der Waals surface area contributed by atoms with Gasteiger partial charge in [-0.3, -0.25) is 0 Å². The van der Waals surface area contributed by atoms with Crippen LogP contribution >= 0.6 is 0 Å². The van der Waals surface area contributed by atoms with Crippen molar-refractivity contribution in [3.8, 4) is 0 Å². The van der Waals surface area contributed by atoms with E-state index in [0.717, 1.165) is 0 Å². The van der Waals surface area contributed by atoms with Crippen molar-refractivity contribution >= 4 is 5.69 Å². The summed E-state index contributed by atoms with van der Waals surface area (Å²) in [5.74, 6) is -0.339. The summed E-state index contributed by atoms with van der Waals surface area (Å²) in [4.78, 5) is 0. The van der Waals surface area contributed by atoms with Crippen LogP contribution in [-0.2, 0) is 0 Å². The summed E-state index contributed by atoms with van der Waals surface area (Å²) in [7, 11) is 0. The zero-order valence-electron chi connectivity index (χ0n) is 5.60. The van der Waals surface area contributed by atoms with Crippen molar-refractivity contribution in [2.24, 2.45) is 0 Å². The van der Waals surface area contributed by atoms with Gasteiger partial charge in [0.2, 0.25) is 0 Å². The van der Waals surface area contributed by atoms with Crippen molar-refractivity contribution in [2.45, 2.75) is 0 Å². The van der Waals surface area contributed by atoms with Crippen LogP contribution in [0.15, 0.2) is 24.3 Å². The monoisotopic (exact) mass is 165 g/mol. The minimum absolute atomic E-state index is 0. The van der Waals surface area contributed by atoms with E-state index < -0.39 is 0 Å². The molecule has 0 heterocycles. The second-order valence-electron chi connectivity index (χ2n) is 1.61. The summed E-state index contributed by atoms with van der Waals surface area (Å²) < 4.78 is 12.1. The molecule has 0 fully saturated rings. The summed E-state index contributed by atoms with van der Waals surface area (Å²) in [6.07, 6.45) is 0. The first-order chi connectivity index (χ1) is 4.33. The topological polar surface area (TPSA) is 35.1 Å². The van der Waals surface area contributed by atoms with Crippen molar-refractivity contribution in [1.82, 2.24) is 0 Å². The molecular formula is C6H5FKNO. The molecule has 0 saturated carbocycles. The molecule has 1 aromatic rings. The van der Waals surface area contributed by atoms with Crippen LogP contribution in [0.1, 0.15) is 0 Å². The molecule has 4 heteroatoms. The molecule has 0 aliphatic heterocycles. The molecule has 0 bridgehead atoms. The van der Waals surface area contributed by atoms with Crippen molar-refractivity contribution in [3.05, 3.63) is 35.3 Å². The van der Waals surface area contributed by atoms with Gasteiger partial charge in [0.15, 0.2) is 0 Å². The van der Waals surface area contributed by atoms with E-state index in [2.05, 4.69) is 0 Å². The summed E-state index contributed by atoms with van der Waals surface area (Å²) in [5.41, 5.74) is 2.01. The van der Waals surface area contributed by atoms with E-state index in [1.807, 2.05) is 0 Å². The van der Waals surface area contributed by atoms with Crippen LogP contribution in [0.3, 0.4) is 0 Å². The van der Waals surface area contributed by atoms with Crippen molar-refractivity contribution in [1.29, 1.82) is 0 Å². The number of hydrogen-bond donors (Lipinski definition) is 1. The van der Waals surface area contributed by atoms with Gasteiger partial charge in [-0.1, -0.05) is 0 Å². The van der Waals surface area contributed by atoms with Crippen molar-refractivity contribution in [3.63, 3.8) is 0 Å². The van der Waals surface area contributed by atoms with Gasteiger partial charge >= 0.3 is 51.4 Å². The van der Waals surface area contributed by atoms with E-state index in [9.17, 15) is 9.60 Å². The first-order valence-electron chi connectivity index (χ1n) is 2.46. The van der Waals surface area contributed by atoms with Crippen LogP contribution < -0.4 is 56.9 Å². The molecule has 10 heavy (non-hydrogen) atoms. The van der Waals surface area contributed by atoms with Crippen LogP contribution in [0.25, 0.3) is 0 Å². The summed E-state index contributed by atoms with van der Waals surface area (Å²) in [5, 5.41) is 9.87. The quantitative estimate of drug-likeness (QED) is 0.416. The van der Waals surface area contributed by atoms with E-state index in [1.165, 1.54) is 24.3 Å². The molecule has 0 aliphatic carbocycles. The maximum atomic E-state index is 12.1. The summed E-state index contributed by atoms with van der Waals surface area (Å²) in [6.45, 7) is 0. The van der Waals surface area contributed by atoms with Crippen LogP contribution in [-0.4, -0.2) is 0 Å². The number of anilines is 1. The fourth-order valence-electron chi connectivity index (χ4n) is 0.518. The molecule has 0 atom stereocenters. The Labute approximate surface area is 101 Å². The van der Waals surface area contributed by atoms with Crippen molar-refractivity contribution < 1.29 is 55.8 Å². The van der Waals surface area contributed by atoms with Gasteiger partial charge in [0, 0.05) is 5.69 Å². The van der Waals surface area contributed by atoms with Gasteiger partial charge < -0.3 is 10.7 Å². The Morgan fingerprint density at radius 2 is 1.70 bits per heavy atom. The zero-order valence-corrected chi connectivity index (χ0v) is 8.72. The molecule has 1 aromatic carbocycles. The zero-order chi connectivity index (χ0) is 6.69. The predicted molar refractivity (Wildman–Crippen MR) is 33.4 cm³/mol. The third kappa shape index (κ3) is 3.09. The molecule has 0 radical (unpaired) electrons. The molecule has 0 aromatic heterocycles. The minimum Gasteiger partial charge on any atom is -0.761 e. The Bertz CT molecular complexity index is 189. The molecule has 0 saturated heterocycles. The molecule has 0 aliphatic rings. The summed E-state index contributed by atoms with van der Waals surface area (Å²) in [6, 6.07) is 5.20. The SMILES string of the molecule is [K+].[O-]Nc1ccc(F)cc1. The number of benzene rings is 1. The second-order valence-corrected chi connectivity index (χ2v) is 1.61. The van der Waals surface area contributed by atoms with E-state index >= 15 is 0 Å². The summed E-state index contributed by atoms with van der Waals surface area (Å²) >= 11 is 0. The number of nitrogens with one attached hydrogen (secondary N) is 1. The minimum atomic E-state index is -0.339. The Balaban J connectivity index is 0.000000810. The Morgan fingerprint density at radius 1 is 1.20 bits per heavy atom. The smallest absolute Gasteiger partial charge is 0.761 e. The molecular weight excluding hydrogens is 160 g/mol. The third-order valence-corrected chi connectivity index (χ3v) is 0.962. The molecule has 0 unspecified atom stereocenters. The fraction of sp³-hybridized carbons (Fsp3) is 0. The largest absolute Gasteiger partial charge is 1.00 e. The maximum absolute atomic E-state index is 12.1. The molecule has 0 amide bonds. The van der Waals surface area contributed by atoms with Gasteiger partial charge in [-0.15, -0.1) is 0 Å². The van der Waals surface area contributed by atoms with Crippen LogP contribution in [0.5, 0.6) is 0 Å². The number of rotatable bonds is 1. The van der Waals surface area contributed by atoms with E-state index in [1.54, 1.807) is 5.48 Å². The predicted octanol–water partition coefficient (Wildman–Crippen LogP) is -1.26. The number of halogens is 1. The van der Waals surface area contributed by atoms with Gasteiger partial charge in [0.05, 0.1) is 0 Å². The second kappa shape index (κ2) is 5.23. The van der Waals surface area contributed by atoms with E-state index in [0.29, 0.717) is 5.69 Å². The van der Waals surface area contributed by atoms with Gasteiger partial charge in [-0.25, -0.2) is 4.39 Å². The molecule has 0 spiro atoms. The normalized spacial score (nSPS) is 8.20. The first-order valence-corrected chi connectivity index (χ1v) is 2.46. The third-order valence-electron chi connectivity index (χ3n) is 0.962. The van der Waals surface area contributed by atoms with E-state index in [-0.39, 0.29) is 57.2 Å². The first kappa shape index (κ1) is 10.5. The van der Waals surface area contributed by atoms with Crippen LogP contribution in [0, 0.1) is 11.0 Å². The van der Waals surface area contributed by atoms with Gasteiger partial charge in [0.1, 0.15) is 5.82 Å². The van der Waals surface area contributed by atoms with Crippen LogP contribution in [0.4, 0.5) is 10.1 Å². The van der Waals surface area contributed by atoms with Crippen LogP contribution in [0.2, 0.25) is 0 Å². The van der Waals surface area contributed by atoms with Gasteiger partial charge in [-0.05, 0) is 24.3 Å². The standard InChI is InChI=1S/C6H5FNO.K/c7-5-1-3-6(8-9)4-2-5;/h1-4,8H;/q-1;+1. The van der Waals surface area contributed by atoms with Gasteiger partial charge in [0.25, 0.3) is 0 Å².